The Kier molecular flexibility index (Phi) is 4.26. The lowest BCUT2D eigenvalue weighted by Crippen LogP contribution is -2.44. The van der Waals surface area contributed by atoms with E-state index in [0.717, 1.165) is 6.42 Å². The van der Waals surface area contributed by atoms with Crippen molar-refractivity contribution in [2.75, 3.05) is 13.6 Å². The molecule has 0 bridgehead atoms. The molecule has 0 spiro atoms. The zero-order valence-electron chi connectivity index (χ0n) is 8.40. The summed E-state index contributed by atoms with van der Waals surface area (Å²) in [5.41, 5.74) is 1.81. The van der Waals surface area contributed by atoms with Gasteiger partial charge in [-0.25, -0.2) is 5.84 Å². The van der Waals surface area contributed by atoms with Crippen molar-refractivity contribution in [3.63, 3.8) is 0 Å². The average molecular weight is 227 g/mol. The van der Waals surface area contributed by atoms with Crippen molar-refractivity contribution in [1.29, 1.82) is 0 Å². The first kappa shape index (κ1) is 11.7. The summed E-state index contributed by atoms with van der Waals surface area (Å²) in [4.78, 5) is 24.7. The number of thiophene rings is 1. The Balaban J connectivity index is 2.39. The molecule has 1 aromatic heterocycles. The standard InChI is InChI=1S/C9H13N3O2S/c1-12(9(14)8(13)11-10)5-4-7-3-2-6-15-7/h2-3,6H,4-5,10H2,1H3,(H,11,13). The molecule has 1 aromatic rings. The average Bonchev–Trinajstić information content (AvgIpc) is 2.76. The molecule has 0 radical (unpaired) electrons. The summed E-state index contributed by atoms with van der Waals surface area (Å²) < 4.78 is 0. The summed E-state index contributed by atoms with van der Waals surface area (Å²) in [5, 5.41) is 1.98. The monoisotopic (exact) mass is 227 g/mol. The van der Waals surface area contributed by atoms with Gasteiger partial charge in [0.05, 0.1) is 0 Å². The van der Waals surface area contributed by atoms with Crippen LogP contribution in [0.3, 0.4) is 0 Å². The first-order valence-electron chi connectivity index (χ1n) is 4.43. The van der Waals surface area contributed by atoms with E-state index >= 15 is 0 Å². The largest absolute Gasteiger partial charge is 0.337 e. The highest BCUT2D eigenvalue weighted by atomic mass is 32.1. The number of nitrogens with zero attached hydrogens (tertiary/aromatic N) is 1. The van der Waals surface area contributed by atoms with Crippen LogP contribution in [0.25, 0.3) is 0 Å². The number of carbonyl (C=O) groups excluding carboxylic acids is 2. The molecule has 0 fully saturated rings. The molecule has 1 heterocycles. The second-order valence-electron chi connectivity index (χ2n) is 3.03. The SMILES string of the molecule is CN(CCc1cccs1)C(=O)C(=O)NN. The number of nitrogens with one attached hydrogen (secondary N) is 1. The Morgan fingerprint density at radius 2 is 2.33 bits per heavy atom. The van der Waals surface area contributed by atoms with Crippen molar-refractivity contribution in [3.8, 4) is 0 Å². The van der Waals surface area contributed by atoms with Gasteiger partial charge < -0.3 is 4.90 Å². The number of hydrazine groups is 1. The Labute approximate surface area is 91.8 Å². The fourth-order valence-electron chi connectivity index (χ4n) is 1.07. The lowest BCUT2D eigenvalue weighted by atomic mass is 10.3. The summed E-state index contributed by atoms with van der Waals surface area (Å²) in [6.07, 6.45) is 0.748. The second-order valence-corrected chi connectivity index (χ2v) is 4.06. The van der Waals surface area contributed by atoms with Crippen molar-refractivity contribution < 1.29 is 9.59 Å². The molecule has 0 unspecified atom stereocenters. The highest BCUT2D eigenvalue weighted by molar-refractivity contribution is 7.09. The van der Waals surface area contributed by atoms with Crippen LogP contribution in [0.2, 0.25) is 0 Å². The zero-order chi connectivity index (χ0) is 11.3. The lowest BCUT2D eigenvalue weighted by Gasteiger charge is -2.14. The van der Waals surface area contributed by atoms with Gasteiger partial charge in [0.1, 0.15) is 0 Å². The zero-order valence-corrected chi connectivity index (χ0v) is 9.21. The maximum Gasteiger partial charge on any atom is 0.323 e. The van der Waals surface area contributed by atoms with E-state index in [1.54, 1.807) is 18.4 Å². The first-order valence-corrected chi connectivity index (χ1v) is 5.31. The maximum absolute atomic E-state index is 11.3. The number of carbonyl (C=O) groups is 2. The van der Waals surface area contributed by atoms with Crippen LogP contribution in [0.5, 0.6) is 0 Å². The lowest BCUT2D eigenvalue weighted by molar-refractivity contribution is -0.144. The predicted molar refractivity (Wildman–Crippen MR) is 58.0 cm³/mol. The summed E-state index contributed by atoms with van der Waals surface area (Å²) in [5.74, 6) is 3.45. The fraction of sp³-hybridized carbons (Fsp3) is 0.333. The maximum atomic E-state index is 11.3. The quantitative estimate of drug-likeness (QED) is 0.323. The summed E-state index contributed by atoms with van der Waals surface area (Å²) >= 11 is 1.63. The van der Waals surface area contributed by atoms with Crippen molar-refractivity contribution in [1.82, 2.24) is 10.3 Å². The number of nitrogens with two attached hydrogens (primary N) is 1. The van der Waals surface area contributed by atoms with E-state index in [1.807, 2.05) is 22.9 Å². The highest BCUT2D eigenvalue weighted by Crippen LogP contribution is 2.09. The summed E-state index contributed by atoms with van der Waals surface area (Å²) in [6.45, 7) is 0.507. The summed E-state index contributed by atoms with van der Waals surface area (Å²) in [7, 11) is 1.57. The Morgan fingerprint density at radius 3 is 2.87 bits per heavy atom. The Morgan fingerprint density at radius 1 is 1.60 bits per heavy atom. The number of hydrogen-bond donors (Lipinski definition) is 2. The van der Waals surface area contributed by atoms with E-state index < -0.39 is 11.8 Å². The molecule has 0 aliphatic carbocycles. The fourth-order valence-corrected chi connectivity index (χ4v) is 1.77. The molecule has 0 aromatic carbocycles. The number of hydrogen-bond acceptors (Lipinski definition) is 4. The van der Waals surface area contributed by atoms with Gasteiger partial charge in [-0.2, -0.15) is 0 Å². The van der Waals surface area contributed by atoms with Gasteiger partial charge in [0.25, 0.3) is 0 Å². The second kappa shape index (κ2) is 5.47. The van der Waals surface area contributed by atoms with E-state index in [4.69, 9.17) is 5.84 Å². The van der Waals surface area contributed by atoms with Gasteiger partial charge >= 0.3 is 11.8 Å². The van der Waals surface area contributed by atoms with Gasteiger partial charge in [0.2, 0.25) is 0 Å². The minimum Gasteiger partial charge on any atom is -0.337 e. The third-order valence-corrected chi connectivity index (χ3v) is 2.88. The van der Waals surface area contributed by atoms with E-state index in [9.17, 15) is 9.59 Å². The van der Waals surface area contributed by atoms with Crippen LogP contribution in [0.1, 0.15) is 4.88 Å². The molecular weight excluding hydrogens is 214 g/mol. The van der Waals surface area contributed by atoms with E-state index in [0.29, 0.717) is 6.54 Å². The van der Waals surface area contributed by atoms with Gasteiger partial charge in [0, 0.05) is 18.5 Å². The molecule has 5 nitrogen and oxygen atoms in total. The minimum atomic E-state index is -0.788. The van der Waals surface area contributed by atoms with Crippen molar-refractivity contribution in [2.24, 2.45) is 5.84 Å². The molecule has 15 heavy (non-hydrogen) atoms. The van der Waals surface area contributed by atoms with Gasteiger partial charge in [-0.1, -0.05) is 6.07 Å². The van der Waals surface area contributed by atoms with Crippen LogP contribution in [0, 0.1) is 0 Å². The molecule has 0 saturated carbocycles. The van der Waals surface area contributed by atoms with Crippen LogP contribution in [-0.2, 0) is 16.0 Å². The van der Waals surface area contributed by atoms with E-state index in [1.165, 1.54) is 9.78 Å². The third kappa shape index (κ3) is 3.34. The normalized spacial score (nSPS) is 9.73. The van der Waals surface area contributed by atoms with Crippen LogP contribution < -0.4 is 11.3 Å². The van der Waals surface area contributed by atoms with Gasteiger partial charge in [-0.15, -0.1) is 11.3 Å². The van der Waals surface area contributed by atoms with E-state index in [-0.39, 0.29) is 0 Å². The molecule has 2 amide bonds. The molecular formula is C9H13N3O2S. The molecule has 0 aliphatic rings. The topological polar surface area (TPSA) is 75.4 Å². The first-order chi connectivity index (χ1) is 7.15. The van der Waals surface area contributed by atoms with Crippen LogP contribution >= 0.6 is 11.3 Å². The van der Waals surface area contributed by atoms with Gasteiger partial charge in [0.15, 0.2) is 0 Å². The van der Waals surface area contributed by atoms with Crippen molar-refractivity contribution in [3.05, 3.63) is 22.4 Å². The van der Waals surface area contributed by atoms with Crippen LogP contribution in [0.15, 0.2) is 17.5 Å². The Hall–Kier alpha value is -1.40. The number of rotatable bonds is 3. The molecule has 1 rings (SSSR count). The number of likely N-dealkylation sites (N-methyl/N-ethyl adjacent to an activating group) is 1. The van der Waals surface area contributed by atoms with Crippen LogP contribution in [0.4, 0.5) is 0 Å². The van der Waals surface area contributed by atoms with Gasteiger partial charge in [-0.05, 0) is 17.9 Å². The summed E-state index contributed by atoms with van der Waals surface area (Å²) in [6, 6.07) is 3.94. The van der Waals surface area contributed by atoms with E-state index in [2.05, 4.69) is 0 Å². The third-order valence-electron chi connectivity index (χ3n) is 1.95. The highest BCUT2D eigenvalue weighted by Gasteiger charge is 2.16. The molecule has 0 saturated heterocycles. The Bertz CT molecular complexity index is 337. The minimum absolute atomic E-state index is 0.507. The predicted octanol–water partition coefficient (Wildman–Crippen LogP) is -0.261. The molecule has 6 heteroatoms. The molecule has 0 aliphatic heterocycles. The smallest absolute Gasteiger partial charge is 0.323 e. The number of amides is 2. The van der Waals surface area contributed by atoms with Crippen LogP contribution in [-0.4, -0.2) is 30.3 Å². The molecule has 0 atom stereocenters. The van der Waals surface area contributed by atoms with Gasteiger partial charge in [-0.3, -0.25) is 15.0 Å². The van der Waals surface area contributed by atoms with Crippen molar-refractivity contribution in [2.45, 2.75) is 6.42 Å². The van der Waals surface area contributed by atoms with Crippen molar-refractivity contribution >= 4 is 23.2 Å². The molecule has 82 valence electrons. The molecule has 3 N–H and O–H groups in total.